The Morgan fingerprint density at radius 1 is 1.40 bits per heavy atom. The first-order valence-electron chi connectivity index (χ1n) is 7.25. The van der Waals surface area contributed by atoms with Crippen LogP contribution in [0.3, 0.4) is 0 Å². The van der Waals surface area contributed by atoms with Crippen molar-refractivity contribution in [1.29, 1.82) is 0 Å². The van der Waals surface area contributed by atoms with Gasteiger partial charge in [-0.2, -0.15) is 0 Å². The summed E-state index contributed by atoms with van der Waals surface area (Å²) in [4.78, 5) is 20.0. The molecule has 1 fully saturated rings. The molecule has 1 atom stereocenters. The molecule has 2 rings (SSSR count). The zero-order valence-electron chi connectivity index (χ0n) is 12.6. The van der Waals surface area contributed by atoms with Gasteiger partial charge in [-0.1, -0.05) is 6.92 Å². The van der Waals surface area contributed by atoms with Crippen molar-refractivity contribution >= 4 is 11.7 Å². The number of hydrogen-bond acceptors (Lipinski definition) is 4. The lowest BCUT2D eigenvalue weighted by Gasteiger charge is -2.35. The summed E-state index contributed by atoms with van der Waals surface area (Å²) in [5.74, 6) is 1.14. The predicted molar refractivity (Wildman–Crippen MR) is 80.7 cm³/mol. The van der Waals surface area contributed by atoms with Gasteiger partial charge >= 0.3 is 0 Å². The lowest BCUT2D eigenvalue weighted by molar-refractivity contribution is -0.129. The van der Waals surface area contributed by atoms with E-state index in [-0.39, 0.29) is 11.9 Å². The minimum Gasteiger partial charge on any atom is -0.353 e. The molecule has 110 valence electrons. The molecule has 1 amide bonds. The maximum atomic E-state index is 11.3. The van der Waals surface area contributed by atoms with Crippen LogP contribution in [0, 0.1) is 6.92 Å². The lowest BCUT2D eigenvalue weighted by Crippen LogP contribution is -2.48. The van der Waals surface area contributed by atoms with E-state index < -0.39 is 0 Å². The lowest BCUT2D eigenvalue weighted by atomic mass is 10.0. The van der Waals surface area contributed by atoms with Crippen molar-refractivity contribution in [3.05, 3.63) is 23.4 Å². The number of anilines is 1. The molecule has 1 aliphatic rings. The fourth-order valence-corrected chi connectivity index (χ4v) is 2.58. The fourth-order valence-electron chi connectivity index (χ4n) is 2.58. The van der Waals surface area contributed by atoms with Crippen molar-refractivity contribution in [3.8, 4) is 0 Å². The maximum absolute atomic E-state index is 11.3. The van der Waals surface area contributed by atoms with Gasteiger partial charge < -0.3 is 15.5 Å². The summed E-state index contributed by atoms with van der Waals surface area (Å²) in [6, 6.07) is 2.17. The Balaban J connectivity index is 2.07. The highest BCUT2D eigenvalue weighted by molar-refractivity contribution is 5.73. The first-order valence-corrected chi connectivity index (χ1v) is 7.25. The van der Waals surface area contributed by atoms with Gasteiger partial charge in [0.15, 0.2) is 0 Å². The third-order valence-electron chi connectivity index (χ3n) is 4.03. The molecule has 5 heteroatoms. The summed E-state index contributed by atoms with van der Waals surface area (Å²) in [5.41, 5.74) is 8.39. The molecule has 5 nitrogen and oxygen atoms in total. The average Bonchev–Trinajstić information content (AvgIpc) is 2.46. The standard InChI is InChI=1S/C15H24N4O/c1-4-14(16)13-10-17-15(9-11(13)2)19-7-5-18(6-8-19)12(3)20/h9-10,14H,4-8,16H2,1-3H3/t14-/m0/s1. The molecular weight excluding hydrogens is 252 g/mol. The van der Waals surface area contributed by atoms with Gasteiger partial charge in [-0.05, 0) is 30.5 Å². The van der Waals surface area contributed by atoms with Crippen molar-refractivity contribution in [2.75, 3.05) is 31.1 Å². The highest BCUT2D eigenvalue weighted by Crippen LogP contribution is 2.22. The molecule has 0 spiro atoms. The molecule has 2 N–H and O–H groups in total. The predicted octanol–water partition coefficient (Wildman–Crippen LogP) is 1.47. The molecule has 1 aromatic rings. The molecule has 0 saturated carbocycles. The number of nitrogens with zero attached hydrogens (tertiary/aromatic N) is 3. The summed E-state index contributed by atoms with van der Waals surface area (Å²) >= 11 is 0. The minimum atomic E-state index is 0.0612. The van der Waals surface area contributed by atoms with Crippen LogP contribution < -0.4 is 10.6 Å². The van der Waals surface area contributed by atoms with E-state index in [1.165, 1.54) is 5.56 Å². The van der Waals surface area contributed by atoms with Crippen molar-refractivity contribution in [1.82, 2.24) is 9.88 Å². The number of nitrogens with two attached hydrogens (primary N) is 1. The van der Waals surface area contributed by atoms with E-state index in [1.807, 2.05) is 11.1 Å². The Morgan fingerprint density at radius 2 is 2.05 bits per heavy atom. The first kappa shape index (κ1) is 14.8. The van der Waals surface area contributed by atoms with Gasteiger partial charge in [0.1, 0.15) is 5.82 Å². The van der Waals surface area contributed by atoms with Crippen LogP contribution in [0.4, 0.5) is 5.82 Å². The molecule has 1 saturated heterocycles. The monoisotopic (exact) mass is 276 g/mol. The van der Waals surface area contributed by atoms with Gasteiger partial charge in [-0.15, -0.1) is 0 Å². The third-order valence-corrected chi connectivity index (χ3v) is 4.03. The van der Waals surface area contributed by atoms with E-state index >= 15 is 0 Å². The van der Waals surface area contributed by atoms with Crippen LogP contribution in [0.5, 0.6) is 0 Å². The molecule has 0 bridgehead atoms. The highest BCUT2D eigenvalue weighted by atomic mass is 16.2. The van der Waals surface area contributed by atoms with Crippen LogP contribution in [0.25, 0.3) is 0 Å². The van der Waals surface area contributed by atoms with Crippen LogP contribution in [0.1, 0.15) is 37.4 Å². The summed E-state index contributed by atoms with van der Waals surface area (Å²) < 4.78 is 0. The average molecular weight is 276 g/mol. The number of aromatic nitrogens is 1. The molecule has 1 aromatic heterocycles. The number of pyridine rings is 1. The number of rotatable bonds is 3. The van der Waals surface area contributed by atoms with Crippen LogP contribution in [-0.4, -0.2) is 42.0 Å². The van der Waals surface area contributed by atoms with Gasteiger partial charge in [0.2, 0.25) is 5.91 Å². The summed E-state index contributed by atoms with van der Waals surface area (Å²) in [6.07, 6.45) is 2.81. The molecule has 0 radical (unpaired) electrons. The summed E-state index contributed by atoms with van der Waals surface area (Å²) in [6.45, 7) is 9.01. The van der Waals surface area contributed by atoms with Crippen LogP contribution in [0.15, 0.2) is 12.3 Å². The zero-order chi connectivity index (χ0) is 14.7. The molecule has 0 aliphatic carbocycles. The normalized spacial score (nSPS) is 17.2. The van der Waals surface area contributed by atoms with Gasteiger partial charge in [0.05, 0.1) is 0 Å². The Morgan fingerprint density at radius 3 is 2.55 bits per heavy atom. The van der Waals surface area contributed by atoms with E-state index in [9.17, 15) is 4.79 Å². The number of hydrogen-bond donors (Lipinski definition) is 1. The Bertz CT molecular complexity index is 481. The second-order valence-electron chi connectivity index (χ2n) is 5.41. The van der Waals surface area contributed by atoms with Gasteiger partial charge in [0.25, 0.3) is 0 Å². The molecular formula is C15H24N4O. The molecule has 20 heavy (non-hydrogen) atoms. The second kappa shape index (κ2) is 6.22. The van der Waals surface area contributed by atoms with E-state index in [4.69, 9.17) is 5.73 Å². The van der Waals surface area contributed by atoms with Crippen LogP contribution >= 0.6 is 0 Å². The Labute approximate surface area is 120 Å². The number of amides is 1. The molecule has 1 aliphatic heterocycles. The molecule has 0 aromatic carbocycles. The quantitative estimate of drug-likeness (QED) is 0.908. The maximum Gasteiger partial charge on any atom is 0.219 e. The third kappa shape index (κ3) is 3.10. The largest absolute Gasteiger partial charge is 0.353 e. The van der Waals surface area contributed by atoms with Crippen molar-refractivity contribution in [2.45, 2.75) is 33.2 Å². The Hall–Kier alpha value is -1.62. The van der Waals surface area contributed by atoms with Crippen LogP contribution in [-0.2, 0) is 4.79 Å². The highest BCUT2D eigenvalue weighted by Gasteiger charge is 2.20. The van der Waals surface area contributed by atoms with E-state index in [1.54, 1.807) is 6.92 Å². The Kier molecular flexibility index (Phi) is 4.60. The van der Waals surface area contributed by atoms with Crippen molar-refractivity contribution in [3.63, 3.8) is 0 Å². The second-order valence-corrected chi connectivity index (χ2v) is 5.41. The number of aryl methyl sites for hydroxylation is 1. The number of piperazine rings is 1. The van der Waals surface area contributed by atoms with E-state index in [0.717, 1.165) is 44.0 Å². The van der Waals surface area contributed by atoms with Crippen molar-refractivity contribution < 1.29 is 4.79 Å². The topological polar surface area (TPSA) is 62.5 Å². The fraction of sp³-hybridized carbons (Fsp3) is 0.600. The zero-order valence-corrected chi connectivity index (χ0v) is 12.6. The first-order chi connectivity index (χ1) is 9.52. The van der Waals surface area contributed by atoms with Gasteiger partial charge in [-0.25, -0.2) is 4.98 Å². The van der Waals surface area contributed by atoms with Gasteiger partial charge in [0, 0.05) is 45.3 Å². The number of carbonyl (C=O) groups is 1. The van der Waals surface area contributed by atoms with Crippen LogP contribution in [0.2, 0.25) is 0 Å². The van der Waals surface area contributed by atoms with E-state index in [0.29, 0.717) is 0 Å². The number of carbonyl (C=O) groups excluding carboxylic acids is 1. The molecule has 2 heterocycles. The van der Waals surface area contributed by atoms with Gasteiger partial charge in [-0.3, -0.25) is 4.79 Å². The van der Waals surface area contributed by atoms with E-state index in [2.05, 4.69) is 29.8 Å². The molecule has 0 unspecified atom stereocenters. The summed E-state index contributed by atoms with van der Waals surface area (Å²) in [7, 11) is 0. The smallest absolute Gasteiger partial charge is 0.219 e. The van der Waals surface area contributed by atoms with Crippen molar-refractivity contribution in [2.24, 2.45) is 5.73 Å². The minimum absolute atomic E-state index is 0.0612. The summed E-state index contributed by atoms with van der Waals surface area (Å²) in [5, 5.41) is 0. The SMILES string of the molecule is CC[C@H](N)c1cnc(N2CCN(C(C)=O)CC2)cc1C.